The lowest BCUT2D eigenvalue weighted by atomic mass is 10.0. The molecular weight excluding hydrogens is 188 g/mol. The molecule has 0 amide bonds. The minimum atomic E-state index is 0.586. The Labute approximate surface area is 93.2 Å². The van der Waals surface area contributed by atoms with E-state index in [9.17, 15) is 0 Å². The summed E-state index contributed by atoms with van der Waals surface area (Å²) >= 11 is 0. The van der Waals surface area contributed by atoms with Crippen molar-refractivity contribution in [2.24, 2.45) is 5.92 Å². The van der Waals surface area contributed by atoms with Gasteiger partial charge in [0, 0.05) is 24.5 Å². The van der Waals surface area contributed by atoms with Crippen molar-refractivity contribution >= 4 is 0 Å². The summed E-state index contributed by atoms with van der Waals surface area (Å²) in [5, 5.41) is 3.53. The van der Waals surface area contributed by atoms with Gasteiger partial charge in [-0.15, -0.1) is 0 Å². The van der Waals surface area contributed by atoms with Crippen LogP contribution in [0.3, 0.4) is 0 Å². The molecule has 2 atom stereocenters. The number of ether oxygens (including phenoxy) is 1. The standard InChI is InChI=1S/C12H24N2O/c1-3-13-12-9-15-8-10(12)7-14(4-2)11-5-6-11/h10-13H,3-9H2,1-2H3. The molecule has 0 spiro atoms. The van der Waals surface area contributed by atoms with Crippen LogP contribution in [0.1, 0.15) is 26.7 Å². The highest BCUT2D eigenvalue weighted by molar-refractivity contribution is 4.89. The van der Waals surface area contributed by atoms with Gasteiger partial charge in [-0.1, -0.05) is 13.8 Å². The maximum Gasteiger partial charge on any atom is 0.0623 e. The average Bonchev–Trinajstić information content (AvgIpc) is 2.99. The van der Waals surface area contributed by atoms with Crippen molar-refractivity contribution in [3.8, 4) is 0 Å². The normalized spacial score (nSPS) is 31.4. The summed E-state index contributed by atoms with van der Waals surface area (Å²) in [6.45, 7) is 9.77. The van der Waals surface area contributed by atoms with Crippen LogP contribution < -0.4 is 5.32 Å². The minimum absolute atomic E-state index is 0.586. The first-order valence-corrected chi connectivity index (χ1v) is 6.40. The zero-order valence-corrected chi connectivity index (χ0v) is 10.0. The molecule has 2 fully saturated rings. The molecule has 3 heteroatoms. The second-order valence-electron chi connectivity index (χ2n) is 4.78. The van der Waals surface area contributed by atoms with Gasteiger partial charge < -0.3 is 15.0 Å². The fourth-order valence-corrected chi connectivity index (χ4v) is 2.54. The summed E-state index contributed by atoms with van der Waals surface area (Å²) in [7, 11) is 0. The van der Waals surface area contributed by atoms with E-state index in [0.717, 1.165) is 25.8 Å². The van der Waals surface area contributed by atoms with Crippen LogP contribution in [0.5, 0.6) is 0 Å². The lowest BCUT2D eigenvalue weighted by molar-refractivity contribution is 0.166. The van der Waals surface area contributed by atoms with E-state index in [-0.39, 0.29) is 0 Å². The van der Waals surface area contributed by atoms with Crippen molar-refractivity contribution in [3.63, 3.8) is 0 Å². The maximum absolute atomic E-state index is 5.58. The summed E-state index contributed by atoms with van der Waals surface area (Å²) < 4.78 is 5.58. The highest BCUT2D eigenvalue weighted by atomic mass is 16.5. The quantitative estimate of drug-likeness (QED) is 0.713. The van der Waals surface area contributed by atoms with Gasteiger partial charge in [-0.25, -0.2) is 0 Å². The molecule has 1 heterocycles. The van der Waals surface area contributed by atoms with Gasteiger partial charge in [0.05, 0.1) is 13.2 Å². The van der Waals surface area contributed by atoms with Crippen LogP contribution in [0.25, 0.3) is 0 Å². The summed E-state index contributed by atoms with van der Waals surface area (Å²) in [6.07, 6.45) is 2.82. The smallest absolute Gasteiger partial charge is 0.0623 e. The second kappa shape index (κ2) is 5.28. The van der Waals surface area contributed by atoms with Crippen molar-refractivity contribution in [1.82, 2.24) is 10.2 Å². The summed E-state index contributed by atoms with van der Waals surface area (Å²) in [5.74, 6) is 0.700. The van der Waals surface area contributed by atoms with E-state index in [1.165, 1.54) is 25.9 Å². The first kappa shape index (κ1) is 11.4. The van der Waals surface area contributed by atoms with Gasteiger partial charge in [0.15, 0.2) is 0 Å². The Kier molecular flexibility index (Phi) is 4.00. The predicted octanol–water partition coefficient (Wildman–Crippen LogP) is 1.10. The first-order valence-electron chi connectivity index (χ1n) is 6.40. The van der Waals surface area contributed by atoms with Gasteiger partial charge >= 0.3 is 0 Å². The molecule has 1 N–H and O–H groups in total. The number of likely N-dealkylation sites (N-methyl/N-ethyl adjacent to an activating group) is 1. The van der Waals surface area contributed by atoms with Gasteiger partial charge in [0.2, 0.25) is 0 Å². The molecule has 2 unspecified atom stereocenters. The van der Waals surface area contributed by atoms with Crippen molar-refractivity contribution < 1.29 is 4.74 Å². The molecular formula is C12H24N2O. The molecule has 0 aromatic rings. The van der Waals surface area contributed by atoms with Gasteiger partial charge in [-0.05, 0) is 25.9 Å². The zero-order chi connectivity index (χ0) is 10.7. The number of nitrogens with one attached hydrogen (secondary N) is 1. The van der Waals surface area contributed by atoms with Crippen LogP contribution in [-0.2, 0) is 4.74 Å². The van der Waals surface area contributed by atoms with Crippen molar-refractivity contribution in [3.05, 3.63) is 0 Å². The highest BCUT2D eigenvalue weighted by Crippen LogP contribution is 2.28. The Balaban J connectivity index is 1.80. The number of rotatable bonds is 6. The molecule has 1 aliphatic heterocycles. The van der Waals surface area contributed by atoms with E-state index >= 15 is 0 Å². The molecule has 1 saturated carbocycles. The van der Waals surface area contributed by atoms with Crippen LogP contribution in [0.2, 0.25) is 0 Å². The van der Waals surface area contributed by atoms with Crippen molar-refractivity contribution in [1.29, 1.82) is 0 Å². The monoisotopic (exact) mass is 212 g/mol. The highest BCUT2D eigenvalue weighted by Gasteiger charge is 2.34. The van der Waals surface area contributed by atoms with Gasteiger partial charge in [-0.2, -0.15) is 0 Å². The Bertz CT molecular complexity index is 194. The van der Waals surface area contributed by atoms with E-state index < -0.39 is 0 Å². The van der Waals surface area contributed by atoms with E-state index in [2.05, 4.69) is 24.1 Å². The van der Waals surface area contributed by atoms with Crippen LogP contribution >= 0.6 is 0 Å². The molecule has 0 aromatic carbocycles. The molecule has 15 heavy (non-hydrogen) atoms. The molecule has 0 radical (unpaired) electrons. The van der Waals surface area contributed by atoms with E-state index in [0.29, 0.717) is 12.0 Å². The minimum Gasteiger partial charge on any atom is -0.379 e. The third-order valence-electron chi connectivity index (χ3n) is 3.60. The van der Waals surface area contributed by atoms with Gasteiger partial charge in [-0.3, -0.25) is 0 Å². The summed E-state index contributed by atoms with van der Waals surface area (Å²) in [6, 6.07) is 1.47. The molecule has 2 rings (SSSR count). The van der Waals surface area contributed by atoms with E-state index in [1.807, 2.05) is 0 Å². The Hall–Kier alpha value is -0.120. The molecule has 88 valence electrons. The Morgan fingerprint density at radius 3 is 2.67 bits per heavy atom. The lowest BCUT2D eigenvalue weighted by Crippen LogP contribution is -2.42. The second-order valence-corrected chi connectivity index (χ2v) is 4.78. The Morgan fingerprint density at radius 1 is 1.27 bits per heavy atom. The van der Waals surface area contributed by atoms with E-state index in [4.69, 9.17) is 4.74 Å². The van der Waals surface area contributed by atoms with Crippen molar-refractivity contribution in [2.75, 3.05) is 32.8 Å². The molecule has 3 nitrogen and oxygen atoms in total. The third-order valence-corrected chi connectivity index (χ3v) is 3.60. The average molecular weight is 212 g/mol. The zero-order valence-electron chi connectivity index (χ0n) is 10.0. The lowest BCUT2D eigenvalue weighted by Gasteiger charge is -2.26. The maximum atomic E-state index is 5.58. The fraction of sp³-hybridized carbons (Fsp3) is 1.00. The predicted molar refractivity (Wildman–Crippen MR) is 62.0 cm³/mol. The van der Waals surface area contributed by atoms with Gasteiger partial charge in [0.25, 0.3) is 0 Å². The van der Waals surface area contributed by atoms with Crippen LogP contribution in [0.15, 0.2) is 0 Å². The summed E-state index contributed by atoms with van der Waals surface area (Å²) in [5.41, 5.74) is 0. The topological polar surface area (TPSA) is 24.5 Å². The van der Waals surface area contributed by atoms with Crippen LogP contribution in [0, 0.1) is 5.92 Å². The number of nitrogens with zero attached hydrogens (tertiary/aromatic N) is 1. The Morgan fingerprint density at radius 2 is 2.07 bits per heavy atom. The summed E-state index contributed by atoms with van der Waals surface area (Å²) in [4.78, 5) is 2.63. The molecule has 0 aromatic heterocycles. The molecule has 2 aliphatic rings. The number of hydrogen-bond donors (Lipinski definition) is 1. The first-order chi connectivity index (χ1) is 7.35. The molecule has 1 aliphatic carbocycles. The van der Waals surface area contributed by atoms with Crippen LogP contribution in [-0.4, -0.2) is 49.8 Å². The van der Waals surface area contributed by atoms with Gasteiger partial charge in [0.1, 0.15) is 0 Å². The fourth-order valence-electron chi connectivity index (χ4n) is 2.54. The van der Waals surface area contributed by atoms with Crippen molar-refractivity contribution in [2.45, 2.75) is 38.8 Å². The van der Waals surface area contributed by atoms with Crippen LogP contribution in [0.4, 0.5) is 0 Å². The number of hydrogen-bond acceptors (Lipinski definition) is 3. The molecule has 0 bridgehead atoms. The molecule has 1 saturated heterocycles. The largest absolute Gasteiger partial charge is 0.379 e. The SMILES string of the molecule is CCNC1COCC1CN(CC)C1CC1. The van der Waals surface area contributed by atoms with E-state index in [1.54, 1.807) is 0 Å². The third kappa shape index (κ3) is 2.92.